The molecule has 3 heterocycles. The number of ether oxygens (including phenoxy) is 2. The van der Waals surface area contributed by atoms with Crippen LogP contribution in [0.15, 0.2) is 51.0 Å². The highest BCUT2D eigenvalue weighted by Crippen LogP contribution is 2.42. The number of nitrogens with zero attached hydrogens (tertiary/aromatic N) is 3. The van der Waals surface area contributed by atoms with E-state index in [2.05, 4.69) is 10.2 Å². The Morgan fingerprint density at radius 3 is 2.66 bits per heavy atom. The molecule has 2 aliphatic rings. The predicted molar refractivity (Wildman–Crippen MR) is 147 cm³/mol. The van der Waals surface area contributed by atoms with Crippen molar-refractivity contribution in [3.8, 4) is 11.5 Å². The van der Waals surface area contributed by atoms with Crippen LogP contribution in [0.3, 0.4) is 0 Å². The van der Waals surface area contributed by atoms with Gasteiger partial charge in [-0.15, -0.1) is 10.2 Å². The number of piperidine rings is 1. The highest BCUT2D eigenvalue weighted by molar-refractivity contribution is 5.95. The monoisotopic (exact) mass is 517 g/mol. The number of azo groups is 1. The molecule has 0 bridgehead atoms. The van der Waals surface area contributed by atoms with Crippen molar-refractivity contribution in [2.75, 3.05) is 20.2 Å². The summed E-state index contributed by atoms with van der Waals surface area (Å²) in [5.41, 5.74) is 3.47. The predicted octanol–water partition coefficient (Wildman–Crippen LogP) is 7.71. The van der Waals surface area contributed by atoms with E-state index in [1.807, 2.05) is 62.1 Å². The molecule has 1 fully saturated rings. The van der Waals surface area contributed by atoms with Crippen molar-refractivity contribution >= 4 is 34.5 Å². The first-order valence-electron chi connectivity index (χ1n) is 13.3. The van der Waals surface area contributed by atoms with Gasteiger partial charge in [0.25, 0.3) is 0 Å². The molecule has 0 aliphatic carbocycles. The molecular formula is C30H35N3O5. The van der Waals surface area contributed by atoms with E-state index in [1.165, 1.54) is 0 Å². The summed E-state index contributed by atoms with van der Waals surface area (Å²) in [5.74, 6) is 1.74. The van der Waals surface area contributed by atoms with Gasteiger partial charge in [-0.1, -0.05) is 18.2 Å². The van der Waals surface area contributed by atoms with Crippen LogP contribution in [0.2, 0.25) is 0 Å². The summed E-state index contributed by atoms with van der Waals surface area (Å²) in [5, 5.41) is 20.1. The molecule has 0 saturated carbocycles. The third kappa shape index (κ3) is 5.39. The minimum Gasteiger partial charge on any atom is -0.504 e. The lowest BCUT2D eigenvalue weighted by molar-refractivity contribution is 0.0180. The number of aryl methyl sites for hydroxylation is 1. The van der Waals surface area contributed by atoms with Crippen molar-refractivity contribution in [1.82, 2.24) is 4.90 Å². The number of hydrogen-bond acceptors (Lipinski definition) is 7. The first-order valence-corrected chi connectivity index (χ1v) is 13.3. The first kappa shape index (κ1) is 25.8. The average Bonchev–Trinajstić information content (AvgIpc) is 3.44. The van der Waals surface area contributed by atoms with Gasteiger partial charge in [0.1, 0.15) is 16.9 Å². The van der Waals surface area contributed by atoms with Crippen LogP contribution in [-0.4, -0.2) is 41.9 Å². The second kappa shape index (κ2) is 10.5. The summed E-state index contributed by atoms with van der Waals surface area (Å²) in [6.07, 6.45) is 6.20. The second-order valence-electron chi connectivity index (χ2n) is 11.0. The average molecular weight is 518 g/mol. The summed E-state index contributed by atoms with van der Waals surface area (Å²) in [6.45, 7) is 7.13. The van der Waals surface area contributed by atoms with Gasteiger partial charge in [0.15, 0.2) is 11.5 Å². The van der Waals surface area contributed by atoms with E-state index in [1.54, 1.807) is 13.2 Å². The van der Waals surface area contributed by atoms with E-state index < -0.39 is 5.60 Å². The molecule has 0 atom stereocenters. The Kier molecular flexibility index (Phi) is 7.15. The SMILES string of the molecule is COc1ccc2c(O)c(C=C3N=Nc4ccccc43)oc2c1CCCC1CCN(C(=O)OC(C)(C)C)CC1. The van der Waals surface area contributed by atoms with Crippen LogP contribution in [0, 0.1) is 5.92 Å². The molecule has 1 amide bonds. The topological polar surface area (TPSA) is 96.9 Å². The van der Waals surface area contributed by atoms with Gasteiger partial charge in [-0.25, -0.2) is 4.79 Å². The Morgan fingerprint density at radius 1 is 1.16 bits per heavy atom. The molecule has 8 heteroatoms. The largest absolute Gasteiger partial charge is 0.504 e. The van der Waals surface area contributed by atoms with Crippen molar-refractivity contribution in [2.45, 2.75) is 58.5 Å². The van der Waals surface area contributed by atoms with Gasteiger partial charge in [0, 0.05) is 30.3 Å². The molecule has 0 spiro atoms. The highest BCUT2D eigenvalue weighted by atomic mass is 16.6. The third-order valence-corrected chi connectivity index (χ3v) is 7.16. The number of rotatable bonds is 6. The van der Waals surface area contributed by atoms with Gasteiger partial charge in [0.2, 0.25) is 0 Å². The number of hydrogen-bond donors (Lipinski definition) is 1. The van der Waals surface area contributed by atoms with Crippen molar-refractivity contribution in [3.63, 3.8) is 0 Å². The Labute approximate surface area is 222 Å². The molecule has 200 valence electrons. The third-order valence-electron chi connectivity index (χ3n) is 7.16. The standard InChI is InChI=1S/C30H35N3O5/c1-30(2,3)38-29(35)33-16-14-19(15-17-33)8-7-10-21-25(36-4)13-12-22-27(34)26(37-28(21)22)18-24-20-9-5-6-11-23(20)31-32-24/h5-6,9,11-13,18-19,34H,7-8,10,14-17H2,1-4H3. The fourth-order valence-electron chi connectivity index (χ4n) is 5.20. The summed E-state index contributed by atoms with van der Waals surface area (Å²) >= 11 is 0. The zero-order valence-electron chi connectivity index (χ0n) is 22.5. The maximum absolute atomic E-state index is 12.4. The quantitative estimate of drug-likeness (QED) is 0.361. The maximum Gasteiger partial charge on any atom is 0.410 e. The minimum absolute atomic E-state index is 0.0884. The molecule has 2 aromatic carbocycles. The van der Waals surface area contributed by atoms with E-state index >= 15 is 0 Å². The lowest BCUT2D eigenvalue weighted by atomic mass is 9.90. The van der Waals surface area contributed by atoms with Crippen molar-refractivity contribution in [1.29, 1.82) is 0 Å². The first-order chi connectivity index (χ1) is 18.2. The van der Waals surface area contributed by atoms with Crippen LogP contribution in [0.5, 0.6) is 11.5 Å². The molecule has 3 aromatic rings. The Morgan fingerprint density at radius 2 is 1.92 bits per heavy atom. The summed E-state index contributed by atoms with van der Waals surface area (Å²) in [6, 6.07) is 11.4. The summed E-state index contributed by atoms with van der Waals surface area (Å²) in [7, 11) is 1.65. The molecule has 0 unspecified atom stereocenters. The molecule has 0 radical (unpaired) electrons. The van der Waals surface area contributed by atoms with Crippen molar-refractivity contribution < 1.29 is 23.8 Å². The van der Waals surface area contributed by atoms with E-state index in [4.69, 9.17) is 13.9 Å². The van der Waals surface area contributed by atoms with E-state index in [-0.39, 0.29) is 11.8 Å². The van der Waals surface area contributed by atoms with Crippen LogP contribution < -0.4 is 4.74 Å². The number of benzene rings is 2. The Bertz CT molecular complexity index is 1390. The Balaban J connectivity index is 1.27. The van der Waals surface area contributed by atoms with Crippen LogP contribution in [0.1, 0.15) is 63.3 Å². The number of fused-ring (bicyclic) bond motifs is 2. The van der Waals surface area contributed by atoms with Gasteiger partial charge in [-0.3, -0.25) is 0 Å². The molecular weight excluding hydrogens is 482 g/mol. The number of furan rings is 1. The summed E-state index contributed by atoms with van der Waals surface area (Å²) < 4.78 is 17.4. The van der Waals surface area contributed by atoms with Gasteiger partial charge in [0.05, 0.1) is 23.9 Å². The molecule has 1 saturated heterocycles. The number of amides is 1. The van der Waals surface area contributed by atoms with Crippen LogP contribution in [0.4, 0.5) is 10.5 Å². The number of likely N-dealkylation sites (tertiary alicyclic amines) is 1. The molecule has 1 N–H and O–H groups in total. The zero-order valence-corrected chi connectivity index (χ0v) is 22.5. The minimum atomic E-state index is -0.476. The number of aromatic hydroxyl groups is 1. The van der Waals surface area contributed by atoms with Crippen molar-refractivity contribution in [2.24, 2.45) is 16.1 Å². The van der Waals surface area contributed by atoms with Crippen molar-refractivity contribution in [3.05, 3.63) is 53.3 Å². The lowest BCUT2D eigenvalue weighted by Crippen LogP contribution is -2.41. The lowest BCUT2D eigenvalue weighted by Gasteiger charge is -2.33. The molecule has 5 rings (SSSR count). The van der Waals surface area contributed by atoms with E-state index in [9.17, 15) is 9.90 Å². The second-order valence-corrected chi connectivity index (χ2v) is 11.0. The van der Waals surface area contributed by atoms with Gasteiger partial charge in [-0.2, -0.15) is 0 Å². The normalized spacial score (nSPS) is 16.8. The van der Waals surface area contributed by atoms with Gasteiger partial charge >= 0.3 is 6.09 Å². The fraction of sp³-hybridized carbons (Fsp3) is 0.433. The van der Waals surface area contributed by atoms with Gasteiger partial charge in [-0.05, 0) is 77.0 Å². The Hall–Kier alpha value is -3.81. The van der Waals surface area contributed by atoms with E-state index in [0.717, 1.165) is 67.8 Å². The van der Waals surface area contributed by atoms with Crippen LogP contribution in [-0.2, 0) is 11.2 Å². The molecule has 2 aliphatic heterocycles. The molecule has 38 heavy (non-hydrogen) atoms. The highest BCUT2D eigenvalue weighted by Gasteiger charge is 2.27. The maximum atomic E-state index is 12.4. The van der Waals surface area contributed by atoms with Crippen LogP contribution >= 0.6 is 0 Å². The fourth-order valence-corrected chi connectivity index (χ4v) is 5.20. The van der Waals surface area contributed by atoms with E-state index in [0.29, 0.717) is 28.3 Å². The number of carbonyl (C=O) groups is 1. The molecule has 1 aromatic heterocycles. The van der Waals surface area contributed by atoms with Gasteiger partial charge < -0.3 is 23.9 Å². The van der Waals surface area contributed by atoms with Crippen LogP contribution in [0.25, 0.3) is 22.7 Å². The smallest absolute Gasteiger partial charge is 0.410 e. The zero-order chi connectivity index (χ0) is 26.9. The number of methoxy groups -OCH3 is 1. The number of carbonyl (C=O) groups excluding carboxylic acids is 1. The summed E-state index contributed by atoms with van der Waals surface area (Å²) in [4.78, 5) is 14.2. The molecule has 8 nitrogen and oxygen atoms in total.